The Bertz CT molecular complexity index is 770. The zero-order chi connectivity index (χ0) is 20.1. The minimum Gasteiger partial charge on any atom is -0.311 e. The van der Waals surface area contributed by atoms with Crippen molar-refractivity contribution in [1.29, 1.82) is 0 Å². The number of aromatic nitrogens is 1. The van der Waals surface area contributed by atoms with Gasteiger partial charge in [0, 0.05) is 37.6 Å². The number of nitrogens with zero attached hydrogens (tertiary/aromatic N) is 3. The molecule has 1 N–H and O–H groups in total. The molecule has 2 aliphatic heterocycles. The molecule has 2 aromatic rings. The van der Waals surface area contributed by atoms with Gasteiger partial charge in [-0.2, -0.15) is 0 Å². The quantitative estimate of drug-likeness (QED) is 0.721. The molecule has 0 saturated carbocycles. The number of hydrogen-bond acceptors (Lipinski definition) is 4. The molecule has 0 atom stereocenters. The summed E-state index contributed by atoms with van der Waals surface area (Å²) in [5.74, 6) is 0. The molecule has 4 nitrogen and oxygen atoms in total. The van der Waals surface area contributed by atoms with Crippen LogP contribution in [0.25, 0.3) is 0 Å². The van der Waals surface area contributed by atoms with Crippen LogP contribution >= 0.6 is 23.2 Å². The van der Waals surface area contributed by atoms with Crippen LogP contribution in [-0.4, -0.2) is 53.0 Å². The predicted molar refractivity (Wildman–Crippen MR) is 120 cm³/mol. The minimum atomic E-state index is 0.630. The number of pyridine rings is 1. The van der Waals surface area contributed by atoms with Crippen LogP contribution in [0.3, 0.4) is 0 Å². The topological polar surface area (TPSA) is 31.4 Å². The van der Waals surface area contributed by atoms with Gasteiger partial charge in [-0.25, -0.2) is 0 Å². The van der Waals surface area contributed by atoms with Gasteiger partial charge in [0.2, 0.25) is 0 Å². The molecule has 29 heavy (non-hydrogen) atoms. The number of piperidine rings is 2. The normalized spacial score (nSPS) is 20.2. The third-order valence-corrected chi connectivity index (χ3v) is 6.93. The predicted octanol–water partition coefficient (Wildman–Crippen LogP) is 4.61. The van der Waals surface area contributed by atoms with Crippen molar-refractivity contribution in [3.8, 4) is 0 Å². The van der Waals surface area contributed by atoms with Crippen LogP contribution in [-0.2, 0) is 13.1 Å². The highest BCUT2D eigenvalue weighted by molar-refractivity contribution is 6.42. The lowest BCUT2D eigenvalue weighted by Crippen LogP contribution is -2.49. The van der Waals surface area contributed by atoms with Crippen molar-refractivity contribution in [2.24, 2.45) is 0 Å². The van der Waals surface area contributed by atoms with Crippen molar-refractivity contribution < 1.29 is 0 Å². The van der Waals surface area contributed by atoms with Gasteiger partial charge >= 0.3 is 0 Å². The van der Waals surface area contributed by atoms with Gasteiger partial charge in [-0.3, -0.25) is 14.8 Å². The summed E-state index contributed by atoms with van der Waals surface area (Å²) in [7, 11) is 0. The minimum absolute atomic E-state index is 0.630. The Labute approximate surface area is 184 Å². The van der Waals surface area contributed by atoms with E-state index >= 15 is 0 Å². The highest BCUT2D eigenvalue weighted by Gasteiger charge is 2.24. The van der Waals surface area contributed by atoms with Gasteiger partial charge in [0.05, 0.1) is 10.0 Å². The Morgan fingerprint density at radius 3 is 1.86 bits per heavy atom. The summed E-state index contributed by atoms with van der Waals surface area (Å²) in [6, 6.07) is 11.5. The Kier molecular flexibility index (Phi) is 7.44. The number of rotatable bonds is 6. The lowest BCUT2D eigenvalue weighted by atomic mass is 9.99. The van der Waals surface area contributed by atoms with E-state index in [1.165, 1.54) is 49.9 Å². The molecule has 156 valence electrons. The number of halogens is 2. The molecule has 0 spiro atoms. The van der Waals surface area contributed by atoms with E-state index in [1.807, 2.05) is 24.5 Å². The summed E-state index contributed by atoms with van der Waals surface area (Å²) >= 11 is 12.2. The van der Waals surface area contributed by atoms with E-state index in [0.29, 0.717) is 22.1 Å². The Morgan fingerprint density at radius 1 is 0.759 bits per heavy atom. The molecule has 2 aliphatic rings. The number of benzene rings is 1. The zero-order valence-corrected chi connectivity index (χ0v) is 18.4. The third-order valence-electron chi connectivity index (χ3n) is 6.19. The van der Waals surface area contributed by atoms with Crippen LogP contribution in [0.2, 0.25) is 10.0 Å². The lowest BCUT2D eigenvalue weighted by Gasteiger charge is -2.38. The van der Waals surface area contributed by atoms with Crippen LogP contribution in [0.1, 0.15) is 36.8 Å². The van der Waals surface area contributed by atoms with E-state index in [4.69, 9.17) is 23.2 Å². The Morgan fingerprint density at radius 2 is 1.31 bits per heavy atom. The van der Waals surface area contributed by atoms with Crippen molar-refractivity contribution in [2.45, 2.75) is 50.9 Å². The SMILES string of the molecule is Clc1ccc(CN2CCC(NC3CCN(Cc4ccncc4)CC3)CC2)cc1Cl. The summed E-state index contributed by atoms with van der Waals surface area (Å²) in [5.41, 5.74) is 2.60. The van der Waals surface area contributed by atoms with E-state index in [0.717, 1.165) is 26.2 Å². The molecule has 0 aliphatic carbocycles. The highest BCUT2D eigenvalue weighted by Crippen LogP contribution is 2.24. The molecule has 2 fully saturated rings. The average molecular weight is 433 g/mol. The largest absolute Gasteiger partial charge is 0.311 e. The second-order valence-electron chi connectivity index (χ2n) is 8.37. The summed E-state index contributed by atoms with van der Waals surface area (Å²) in [5, 5.41) is 5.22. The van der Waals surface area contributed by atoms with Crippen LogP contribution in [0, 0.1) is 0 Å². The molecule has 2 saturated heterocycles. The average Bonchev–Trinajstić information content (AvgIpc) is 2.74. The molecule has 0 bridgehead atoms. The Balaban J connectivity index is 1.16. The van der Waals surface area contributed by atoms with Gasteiger partial charge in [-0.1, -0.05) is 29.3 Å². The second kappa shape index (κ2) is 10.2. The van der Waals surface area contributed by atoms with E-state index in [-0.39, 0.29) is 0 Å². The fourth-order valence-corrected chi connectivity index (χ4v) is 4.81. The molecule has 3 heterocycles. The summed E-state index contributed by atoms with van der Waals surface area (Å²) in [6.07, 6.45) is 8.70. The van der Waals surface area contributed by atoms with Crippen molar-refractivity contribution in [2.75, 3.05) is 26.2 Å². The maximum absolute atomic E-state index is 6.15. The van der Waals surface area contributed by atoms with E-state index in [2.05, 4.69) is 38.3 Å². The van der Waals surface area contributed by atoms with Gasteiger partial charge in [0.25, 0.3) is 0 Å². The molecular weight excluding hydrogens is 403 g/mol. The molecule has 1 aromatic carbocycles. The van der Waals surface area contributed by atoms with Crippen molar-refractivity contribution in [3.05, 3.63) is 63.9 Å². The standard InChI is InChI=1S/C23H30Cl2N4/c24-22-2-1-19(15-23(22)25)17-29-13-7-21(8-14-29)27-20-5-11-28(12-6-20)16-18-3-9-26-10-4-18/h1-4,9-10,15,20-21,27H,5-8,11-14,16-17H2. The third kappa shape index (κ3) is 6.16. The maximum atomic E-state index is 6.15. The van der Waals surface area contributed by atoms with E-state index in [9.17, 15) is 0 Å². The fourth-order valence-electron chi connectivity index (χ4n) is 4.49. The molecule has 0 unspecified atom stereocenters. The molecule has 0 radical (unpaired) electrons. The van der Waals surface area contributed by atoms with Crippen LogP contribution in [0.5, 0.6) is 0 Å². The summed E-state index contributed by atoms with van der Waals surface area (Å²) in [6.45, 7) is 6.63. The molecule has 6 heteroatoms. The number of nitrogens with one attached hydrogen (secondary N) is 1. The van der Waals surface area contributed by atoms with Crippen LogP contribution in [0.4, 0.5) is 0 Å². The van der Waals surface area contributed by atoms with Crippen molar-refractivity contribution >= 4 is 23.2 Å². The Hall–Kier alpha value is -1.17. The zero-order valence-electron chi connectivity index (χ0n) is 16.9. The monoisotopic (exact) mass is 432 g/mol. The highest BCUT2D eigenvalue weighted by atomic mass is 35.5. The second-order valence-corrected chi connectivity index (χ2v) is 9.19. The first-order valence-corrected chi connectivity index (χ1v) is 11.4. The van der Waals surface area contributed by atoms with Crippen LogP contribution < -0.4 is 5.32 Å². The first-order valence-electron chi connectivity index (χ1n) is 10.7. The number of likely N-dealkylation sites (tertiary alicyclic amines) is 2. The lowest BCUT2D eigenvalue weighted by molar-refractivity contribution is 0.153. The first-order chi connectivity index (χ1) is 14.2. The van der Waals surface area contributed by atoms with Crippen LogP contribution in [0.15, 0.2) is 42.7 Å². The molecule has 1 aromatic heterocycles. The van der Waals surface area contributed by atoms with Gasteiger partial charge in [-0.05, 0) is 87.3 Å². The summed E-state index contributed by atoms with van der Waals surface area (Å²) < 4.78 is 0. The smallest absolute Gasteiger partial charge is 0.0595 e. The first kappa shape index (κ1) is 21.1. The fraction of sp³-hybridized carbons (Fsp3) is 0.522. The van der Waals surface area contributed by atoms with Crippen molar-refractivity contribution in [1.82, 2.24) is 20.1 Å². The maximum Gasteiger partial charge on any atom is 0.0595 e. The van der Waals surface area contributed by atoms with Crippen molar-refractivity contribution in [3.63, 3.8) is 0 Å². The van der Waals surface area contributed by atoms with Gasteiger partial charge in [0.1, 0.15) is 0 Å². The van der Waals surface area contributed by atoms with Gasteiger partial charge in [-0.15, -0.1) is 0 Å². The van der Waals surface area contributed by atoms with E-state index < -0.39 is 0 Å². The number of hydrogen-bond donors (Lipinski definition) is 1. The van der Waals surface area contributed by atoms with Gasteiger partial charge in [0.15, 0.2) is 0 Å². The summed E-state index contributed by atoms with van der Waals surface area (Å²) in [4.78, 5) is 9.19. The molecule has 0 amide bonds. The van der Waals surface area contributed by atoms with Gasteiger partial charge < -0.3 is 5.32 Å². The molecule has 4 rings (SSSR count). The van der Waals surface area contributed by atoms with E-state index in [1.54, 1.807) is 0 Å². The molecular formula is C23H30Cl2N4.